The number of para-hydroxylation sites is 1. The van der Waals surface area contributed by atoms with Gasteiger partial charge in [0.05, 0.1) is 12.4 Å². The Hall–Kier alpha value is -1.81. The third-order valence-corrected chi connectivity index (χ3v) is 6.91. The normalized spacial score (nSPS) is 22.7. The fourth-order valence-corrected chi connectivity index (χ4v) is 5.06. The molecule has 2 saturated heterocycles. The van der Waals surface area contributed by atoms with E-state index in [0.717, 1.165) is 32.6 Å². The van der Waals surface area contributed by atoms with Crippen molar-refractivity contribution in [3.63, 3.8) is 0 Å². The van der Waals surface area contributed by atoms with Gasteiger partial charge in [0.2, 0.25) is 10.0 Å². The molecule has 1 unspecified atom stereocenters. The first-order valence-corrected chi connectivity index (χ1v) is 10.2. The zero-order chi connectivity index (χ0) is 18.1. The molecule has 0 spiro atoms. The van der Waals surface area contributed by atoms with Crippen LogP contribution in [0.5, 0.6) is 0 Å². The van der Waals surface area contributed by atoms with Crippen LogP contribution in [0.15, 0.2) is 41.6 Å². The minimum absolute atomic E-state index is 0.0988. The smallest absolute Gasteiger partial charge is 0.246 e. The van der Waals surface area contributed by atoms with Gasteiger partial charge in [-0.15, -0.1) is 0 Å². The molecule has 0 aliphatic carbocycles. The zero-order valence-electron chi connectivity index (χ0n) is 14.4. The van der Waals surface area contributed by atoms with E-state index in [-0.39, 0.29) is 16.6 Å². The highest BCUT2D eigenvalue weighted by Crippen LogP contribution is 2.24. The third-order valence-electron chi connectivity index (χ3n) is 5.09. The standard InChI is InChI=1S/C17H22FN5O2S/c18-16-3-1-2-4-17(16)23-13-15(11-20-23)26(24,25)22-8-5-14(12-22)21-9-6-19-7-10-21/h1-4,11,13-14,19H,5-10,12H2. The van der Waals surface area contributed by atoms with E-state index in [9.17, 15) is 12.8 Å². The highest BCUT2D eigenvalue weighted by atomic mass is 32.2. The highest BCUT2D eigenvalue weighted by molar-refractivity contribution is 7.89. The Bertz CT molecular complexity index is 879. The number of piperazine rings is 1. The number of hydrogen-bond donors (Lipinski definition) is 1. The summed E-state index contributed by atoms with van der Waals surface area (Å²) >= 11 is 0. The topological polar surface area (TPSA) is 70.5 Å². The van der Waals surface area contributed by atoms with Gasteiger partial charge in [0, 0.05) is 45.3 Å². The summed E-state index contributed by atoms with van der Waals surface area (Å²) in [5.41, 5.74) is 0.231. The van der Waals surface area contributed by atoms with E-state index in [1.165, 1.54) is 27.4 Å². The molecule has 3 heterocycles. The van der Waals surface area contributed by atoms with Gasteiger partial charge in [-0.1, -0.05) is 12.1 Å². The Morgan fingerprint density at radius 1 is 1.15 bits per heavy atom. The summed E-state index contributed by atoms with van der Waals surface area (Å²) < 4.78 is 42.6. The first-order chi connectivity index (χ1) is 12.6. The van der Waals surface area contributed by atoms with Crippen LogP contribution in [0.4, 0.5) is 4.39 Å². The maximum absolute atomic E-state index is 13.9. The number of rotatable bonds is 4. The number of nitrogens with zero attached hydrogens (tertiary/aromatic N) is 4. The third kappa shape index (κ3) is 3.27. The molecule has 140 valence electrons. The number of nitrogens with one attached hydrogen (secondary N) is 1. The van der Waals surface area contributed by atoms with Crippen molar-refractivity contribution in [1.29, 1.82) is 0 Å². The SMILES string of the molecule is O=S(=O)(c1cnn(-c2ccccc2F)c1)N1CCC(N2CCNCC2)C1. The van der Waals surface area contributed by atoms with Gasteiger partial charge in [0.15, 0.2) is 0 Å². The molecule has 9 heteroatoms. The maximum Gasteiger partial charge on any atom is 0.246 e. The first kappa shape index (κ1) is 17.6. The average molecular weight is 379 g/mol. The molecule has 2 fully saturated rings. The van der Waals surface area contributed by atoms with E-state index in [0.29, 0.717) is 13.1 Å². The van der Waals surface area contributed by atoms with Crippen molar-refractivity contribution in [3.8, 4) is 5.69 Å². The second-order valence-corrected chi connectivity index (χ2v) is 8.60. The number of halogens is 1. The molecule has 0 amide bonds. The lowest BCUT2D eigenvalue weighted by atomic mass is 10.2. The van der Waals surface area contributed by atoms with Crippen molar-refractivity contribution in [1.82, 2.24) is 24.3 Å². The average Bonchev–Trinajstić information content (AvgIpc) is 3.33. The number of hydrogen-bond acceptors (Lipinski definition) is 5. The van der Waals surface area contributed by atoms with Crippen LogP contribution in [0.25, 0.3) is 5.69 Å². The zero-order valence-corrected chi connectivity index (χ0v) is 15.2. The molecule has 7 nitrogen and oxygen atoms in total. The Balaban J connectivity index is 1.52. The molecule has 2 aliphatic rings. The lowest BCUT2D eigenvalue weighted by molar-refractivity contribution is 0.179. The van der Waals surface area contributed by atoms with E-state index in [1.54, 1.807) is 18.2 Å². The minimum Gasteiger partial charge on any atom is -0.314 e. The summed E-state index contributed by atoms with van der Waals surface area (Å²) in [5, 5.41) is 7.36. The molecule has 1 aromatic heterocycles. The molecule has 2 aliphatic heterocycles. The minimum atomic E-state index is -3.63. The predicted molar refractivity (Wildman–Crippen MR) is 95.1 cm³/mol. The van der Waals surface area contributed by atoms with Crippen molar-refractivity contribution in [2.45, 2.75) is 17.4 Å². The van der Waals surface area contributed by atoms with Crippen LogP contribution in [0, 0.1) is 5.82 Å². The Morgan fingerprint density at radius 3 is 2.69 bits per heavy atom. The Labute approximate surface area is 152 Å². The van der Waals surface area contributed by atoms with Gasteiger partial charge in [-0.25, -0.2) is 17.5 Å². The van der Waals surface area contributed by atoms with Gasteiger partial charge >= 0.3 is 0 Å². The van der Waals surface area contributed by atoms with Crippen LogP contribution in [-0.2, 0) is 10.0 Å². The lowest BCUT2D eigenvalue weighted by Crippen LogP contribution is -2.49. The van der Waals surface area contributed by atoms with Crippen molar-refractivity contribution in [3.05, 3.63) is 42.5 Å². The second kappa shape index (κ2) is 7.07. The second-order valence-electron chi connectivity index (χ2n) is 6.66. The van der Waals surface area contributed by atoms with Gasteiger partial charge in [0.1, 0.15) is 16.4 Å². The van der Waals surface area contributed by atoms with Crippen molar-refractivity contribution < 1.29 is 12.8 Å². The highest BCUT2D eigenvalue weighted by Gasteiger charge is 2.36. The van der Waals surface area contributed by atoms with Crippen LogP contribution < -0.4 is 5.32 Å². The fraction of sp³-hybridized carbons (Fsp3) is 0.471. The van der Waals surface area contributed by atoms with Crippen molar-refractivity contribution in [2.75, 3.05) is 39.3 Å². The molecule has 0 saturated carbocycles. The Morgan fingerprint density at radius 2 is 1.92 bits per heavy atom. The van der Waals surface area contributed by atoms with E-state index in [2.05, 4.69) is 15.3 Å². The summed E-state index contributed by atoms with van der Waals surface area (Å²) in [7, 11) is -3.63. The van der Waals surface area contributed by atoms with Gasteiger partial charge in [-0.05, 0) is 18.6 Å². The van der Waals surface area contributed by atoms with E-state index < -0.39 is 15.8 Å². The van der Waals surface area contributed by atoms with E-state index in [1.807, 2.05) is 0 Å². The molecule has 2 aromatic rings. The summed E-state index contributed by atoms with van der Waals surface area (Å²) in [6, 6.07) is 6.42. The summed E-state index contributed by atoms with van der Waals surface area (Å²) in [5.74, 6) is -0.445. The van der Waals surface area contributed by atoms with Crippen LogP contribution in [-0.4, -0.2) is 72.7 Å². The number of aromatic nitrogens is 2. The molecule has 0 bridgehead atoms. The largest absolute Gasteiger partial charge is 0.314 e. The fourth-order valence-electron chi connectivity index (χ4n) is 3.63. The summed E-state index contributed by atoms with van der Waals surface area (Å²) in [6.07, 6.45) is 3.51. The van der Waals surface area contributed by atoms with Gasteiger partial charge in [-0.2, -0.15) is 9.40 Å². The van der Waals surface area contributed by atoms with Crippen LogP contribution in [0.3, 0.4) is 0 Å². The molecule has 4 rings (SSSR count). The molecule has 0 radical (unpaired) electrons. The van der Waals surface area contributed by atoms with Crippen LogP contribution in [0.1, 0.15) is 6.42 Å². The van der Waals surface area contributed by atoms with Gasteiger partial charge in [-0.3, -0.25) is 4.90 Å². The predicted octanol–water partition coefficient (Wildman–Crippen LogP) is 0.680. The molecule has 1 atom stereocenters. The Kier molecular flexibility index (Phi) is 4.78. The molecule has 1 N–H and O–H groups in total. The lowest BCUT2D eigenvalue weighted by Gasteiger charge is -2.32. The maximum atomic E-state index is 13.9. The molecular formula is C17H22FN5O2S. The van der Waals surface area contributed by atoms with Crippen molar-refractivity contribution >= 4 is 10.0 Å². The van der Waals surface area contributed by atoms with Gasteiger partial charge < -0.3 is 5.32 Å². The molecule has 26 heavy (non-hydrogen) atoms. The summed E-state index contributed by atoms with van der Waals surface area (Å²) in [6.45, 7) is 4.78. The first-order valence-electron chi connectivity index (χ1n) is 8.80. The molecular weight excluding hydrogens is 357 g/mol. The van der Waals surface area contributed by atoms with Crippen molar-refractivity contribution in [2.24, 2.45) is 0 Å². The monoisotopic (exact) mass is 379 g/mol. The molecule has 1 aromatic carbocycles. The summed E-state index contributed by atoms with van der Waals surface area (Å²) in [4.78, 5) is 2.45. The number of sulfonamides is 1. The van der Waals surface area contributed by atoms with Gasteiger partial charge in [0.25, 0.3) is 0 Å². The van der Waals surface area contributed by atoms with Crippen LogP contribution in [0.2, 0.25) is 0 Å². The van der Waals surface area contributed by atoms with E-state index in [4.69, 9.17) is 0 Å². The van der Waals surface area contributed by atoms with E-state index >= 15 is 0 Å². The van der Waals surface area contributed by atoms with Crippen LogP contribution >= 0.6 is 0 Å². The quantitative estimate of drug-likeness (QED) is 0.846. The number of benzene rings is 1.